The van der Waals surface area contributed by atoms with Gasteiger partial charge in [-0.3, -0.25) is 9.20 Å². The van der Waals surface area contributed by atoms with E-state index in [0.29, 0.717) is 17.3 Å². The van der Waals surface area contributed by atoms with Gasteiger partial charge in [0.05, 0.1) is 7.11 Å². The summed E-state index contributed by atoms with van der Waals surface area (Å²) in [6.07, 6.45) is 1.90. The SMILES string of the molecule is COc1ccc(-c2nc3cc(C)ccn3c2NC(=O)COc2ccccc2)cc1. The van der Waals surface area contributed by atoms with Gasteiger partial charge >= 0.3 is 0 Å². The summed E-state index contributed by atoms with van der Waals surface area (Å²) in [6, 6.07) is 20.8. The Morgan fingerprint density at radius 3 is 2.52 bits per heavy atom. The van der Waals surface area contributed by atoms with Crippen molar-refractivity contribution in [2.45, 2.75) is 6.92 Å². The fourth-order valence-electron chi connectivity index (χ4n) is 3.05. The third-order valence-corrected chi connectivity index (χ3v) is 4.52. The molecule has 6 heteroatoms. The molecule has 0 aliphatic rings. The van der Waals surface area contributed by atoms with E-state index in [1.54, 1.807) is 7.11 Å². The van der Waals surface area contributed by atoms with Crippen molar-refractivity contribution in [2.24, 2.45) is 0 Å². The second-order valence-electron chi connectivity index (χ2n) is 6.62. The second-order valence-corrected chi connectivity index (χ2v) is 6.62. The zero-order valence-corrected chi connectivity index (χ0v) is 16.3. The highest BCUT2D eigenvalue weighted by Crippen LogP contribution is 2.30. The van der Waals surface area contributed by atoms with Crippen LogP contribution in [0.25, 0.3) is 16.9 Å². The molecule has 1 N–H and O–H groups in total. The highest BCUT2D eigenvalue weighted by molar-refractivity contribution is 5.95. The number of nitrogens with zero attached hydrogens (tertiary/aromatic N) is 2. The minimum atomic E-state index is -0.258. The third kappa shape index (κ3) is 4.06. The number of rotatable bonds is 6. The molecular weight excluding hydrogens is 366 g/mol. The molecule has 2 heterocycles. The van der Waals surface area contributed by atoms with Crippen LogP contribution < -0.4 is 14.8 Å². The molecule has 0 unspecified atom stereocenters. The number of methoxy groups -OCH3 is 1. The molecule has 6 nitrogen and oxygen atoms in total. The molecule has 0 atom stereocenters. The molecule has 2 aromatic carbocycles. The van der Waals surface area contributed by atoms with Crippen LogP contribution >= 0.6 is 0 Å². The number of anilines is 1. The summed E-state index contributed by atoms with van der Waals surface area (Å²) in [7, 11) is 1.63. The van der Waals surface area contributed by atoms with Crippen LogP contribution in [-0.4, -0.2) is 29.0 Å². The van der Waals surface area contributed by atoms with Gasteiger partial charge in [0.25, 0.3) is 5.91 Å². The number of fused-ring (bicyclic) bond motifs is 1. The van der Waals surface area contributed by atoms with Crippen LogP contribution in [0.3, 0.4) is 0 Å². The van der Waals surface area contributed by atoms with E-state index in [4.69, 9.17) is 14.5 Å². The van der Waals surface area contributed by atoms with Crippen LogP contribution in [-0.2, 0) is 4.79 Å². The maximum absolute atomic E-state index is 12.6. The Kier molecular flexibility index (Phi) is 5.16. The average Bonchev–Trinajstić information content (AvgIpc) is 3.10. The van der Waals surface area contributed by atoms with E-state index in [1.807, 2.05) is 84.3 Å². The Morgan fingerprint density at radius 1 is 1.03 bits per heavy atom. The van der Waals surface area contributed by atoms with Crippen LogP contribution in [0.2, 0.25) is 0 Å². The number of ether oxygens (including phenoxy) is 2. The number of imidazole rings is 1. The van der Waals surface area contributed by atoms with E-state index in [-0.39, 0.29) is 12.5 Å². The molecule has 0 saturated carbocycles. The number of aryl methyl sites for hydroxylation is 1. The summed E-state index contributed by atoms with van der Waals surface area (Å²) >= 11 is 0. The van der Waals surface area contributed by atoms with Crippen molar-refractivity contribution in [3.05, 3.63) is 78.5 Å². The molecule has 0 saturated heterocycles. The number of pyridine rings is 1. The summed E-state index contributed by atoms with van der Waals surface area (Å²) in [5.74, 6) is 1.75. The molecule has 0 bridgehead atoms. The molecule has 0 radical (unpaired) electrons. The first-order chi connectivity index (χ1) is 14.1. The number of carbonyl (C=O) groups is 1. The van der Waals surface area contributed by atoms with Gasteiger partial charge in [0.2, 0.25) is 0 Å². The van der Waals surface area contributed by atoms with Gasteiger partial charge in [0, 0.05) is 11.8 Å². The lowest BCUT2D eigenvalue weighted by Crippen LogP contribution is -2.21. The number of carbonyl (C=O) groups excluding carboxylic acids is 1. The molecule has 4 rings (SSSR count). The maximum Gasteiger partial charge on any atom is 0.263 e. The number of hydrogen-bond donors (Lipinski definition) is 1. The van der Waals surface area contributed by atoms with Crippen molar-refractivity contribution in [2.75, 3.05) is 19.0 Å². The van der Waals surface area contributed by atoms with Crippen molar-refractivity contribution in [3.8, 4) is 22.8 Å². The van der Waals surface area contributed by atoms with Crippen LogP contribution in [0.4, 0.5) is 5.82 Å². The molecule has 0 aliphatic heterocycles. The fourth-order valence-corrected chi connectivity index (χ4v) is 3.05. The molecule has 4 aromatic rings. The fraction of sp³-hybridized carbons (Fsp3) is 0.130. The van der Waals surface area contributed by atoms with Crippen molar-refractivity contribution < 1.29 is 14.3 Å². The Bertz CT molecular complexity index is 1140. The molecule has 2 aromatic heterocycles. The molecule has 0 aliphatic carbocycles. The lowest BCUT2D eigenvalue weighted by molar-refractivity contribution is -0.118. The largest absolute Gasteiger partial charge is 0.497 e. The van der Waals surface area contributed by atoms with Crippen LogP contribution in [0.1, 0.15) is 5.56 Å². The van der Waals surface area contributed by atoms with E-state index in [2.05, 4.69) is 5.32 Å². The monoisotopic (exact) mass is 387 g/mol. The van der Waals surface area contributed by atoms with Crippen LogP contribution in [0.15, 0.2) is 72.9 Å². The van der Waals surface area contributed by atoms with E-state index in [1.165, 1.54) is 0 Å². The van der Waals surface area contributed by atoms with Gasteiger partial charge in [0.15, 0.2) is 6.61 Å². The number of amides is 1. The quantitative estimate of drug-likeness (QED) is 0.535. The molecule has 0 fully saturated rings. The van der Waals surface area contributed by atoms with Crippen molar-refractivity contribution in [3.63, 3.8) is 0 Å². The Morgan fingerprint density at radius 2 is 1.79 bits per heavy atom. The van der Waals surface area contributed by atoms with Crippen molar-refractivity contribution >= 4 is 17.4 Å². The minimum absolute atomic E-state index is 0.0921. The van der Waals surface area contributed by atoms with Gasteiger partial charge in [0.1, 0.15) is 28.7 Å². The average molecular weight is 387 g/mol. The molecule has 29 heavy (non-hydrogen) atoms. The minimum Gasteiger partial charge on any atom is -0.497 e. The molecule has 0 spiro atoms. The van der Waals surface area contributed by atoms with Gasteiger partial charge in [-0.15, -0.1) is 0 Å². The predicted octanol–water partition coefficient (Wildman–Crippen LogP) is 4.34. The molecule has 146 valence electrons. The highest BCUT2D eigenvalue weighted by Gasteiger charge is 2.17. The molecular formula is C23H21N3O3. The summed E-state index contributed by atoms with van der Waals surface area (Å²) in [6.45, 7) is 1.92. The number of nitrogens with one attached hydrogen (secondary N) is 1. The van der Waals surface area contributed by atoms with Gasteiger partial charge in [-0.05, 0) is 61.0 Å². The lowest BCUT2D eigenvalue weighted by Gasteiger charge is -2.09. The number of para-hydroxylation sites is 1. The van der Waals surface area contributed by atoms with E-state index >= 15 is 0 Å². The van der Waals surface area contributed by atoms with Gasteiger partial charge in [-0.25, -0.2) is 4.98 Å². The summed E-state index contributed by atoms with van der Waals surface area (Å²) in [4.78, 5) is 17.3. The predicted molar refractivity (Wildman–Crippen MR) is 112 cm³/mol. The summed E-state index contributed by atoms with van der Waals surface area (Å²) < 4.78 is 12.7. The van der Waals surface area contributed by atoms with E-state index in [9.17, 15) is 4.79 Å². The topological polar surface area (TPSA) is 64.9 Å². The van der Waals surface area contributed by atoms with Gasteiger partial charge < -0.3 is 14.8 Å². The van der Waals surface area contributed by atoms with E-state index < -0.39 is 0 Å². The van der Waals surface area contributed by atoms with Crippen LogP contribution in [0.5, 0.6) is 11.5 Å². The first-order valence-electron chi connectivity index (χ1n) is 9.25. The maximum atomic E-state index is 12.6. The number of benzene rings is 2. The first kappa shape index (κ1) is 18.6. The second kappa shape index (κ2) is 8.06. The van der Waals surface area contributed by atoms with Crippen LogP contribution in [0, 0.1) is 6.92 Å². The third-order valence-electron chi connectivity index (χ3n) is 4.52. The Hall–Kier alpha value is -3.80. The zero-order chi connectivity index (χ0) is 20.2. The van der Waals surface area contributed by atoms with Crippen molar-refractivity contribution in [1.29, 1.82) is 0 Å². The Balaban J connectivity index is 1.64. The number of aromatic nitrogens is 2. The first-order valence-corrected chi connectivity index (χ1v) is 9.25. The summed E-state index contributed by atoms with van der Waals surface area (Å²) in [5, 5.41) is 2.96. The normalized spacial score (nSPS) is 10.7. The zero-order valence-electron chi connectivity index (χ0n) is 16.3. The summed E-state index contributed by atoms with van der Waals surface area (Å²) in [5.41, 5.74) is 3.42. The number of hydrogen-bond acceptors (Lipinski definition) is 4. The van der Waals surface area contributed by atoms with Gasteiger partial charge in [-0.1, -0.05) is 18.2 Å². The van der Waals surface area contributed by atoms with E-state index in [0.717, 1.165) is 22.5 Å². The smallest absolute Gasteiger partial charge is 0.263 e. The molecule has 1 amide bonds. The standard InChI is InChI=1S/C23H21N3O3/c1-16-12-13-26-20(14-16)24-22(17-8-10-18(28-2)11-9-17)23(26)25-21(27)15-29-19-6-4-3-5-7-19/h3-14H,15H2,1-2H3,(H,25,27). The highest BCUT2D eigenvalue weighted by atomic mass is 16.5. The van der Waals surface area contributed by atoms with Gasteiger partial charge in [-0.2, -0.15) is 0 Å². The Labute approximate surface area is 168 Å². The lowest BCUT2D eigenvalue weighted by atomic mass is 10.1. The van der Waals surface area contributed by atoms with Crippen molar-refractivity contribution in [1.82, 2.24) is 9.38 Å².